The molecule has 0 radical (unpaired) electrons. The molecule has 6 heteroatoms. The van der Waals surface area contributed by atoms with Gasteiger partial charge in [-0.3, -0.25) is 4.79 Å². The fourth-order valence-corrected chi connectivity index (χ4v) is 4.65. The molecule has 1 aliphatic rings. The number of methoxy groups -OCH3 is 1. The van der Waals surface area contributed by atoms with Crippen LogP contribution in [-0.4, -0.2) is 31.0 Å². The molecule has 27 heavy (non-hydrogen) atoms. The maximum Gasteiger partial charge on any atom is 0.253 e. The molecule has 3 rings (SSSR count). The van der Waals surface area contributed by atoms with Crippen LogP contribution in [0.15, 0.2) is 52.8 Å². The number of ether oxygens (including phenoxy) is 1. The predicted molar refractivity (Wildman–Crippen MR) is 113 cm³/mol. The summed E-state index contributed by atoms with van der Waals surface area (Å²) in [5.41, 5.74) is 0.972. The van der Waals surface area contributed by atoms with E-state index in [2.05, 4.69) is 6.58 Å². The first-order valence-electron chi connectivity index (χ1n) is 8.80. The van der Waals surface area contributed by atoms with Crippen LogP contribution in [0.25, 0.3) is 5.57 Å². The normalized spacial score (nSPS) is 14.1. The second kappa shape index (κ2) is 9.05. The van der Waals surface area contributed by atoms with Gasteiger partial charge in [-0.1, -0.05) is 59.7 Å². The van der Waals surface area contributed by atoms with Gasteiger partial charge in [0, 0.05) is 29.1 Å². The first-order chi connectivity index (χ1) is 13.0. The number of amides is 1. The molecule has 2 aromatic carbocycles. The summed E-state index contributed by atoms with van der Waals surface area (Å²) in [6.45, 7) is 5.52. The van der Waals surface area contributed by atoms with Crippen molar-refractivity contribution in [3.8, 4) is 5.75 Å². The van der Waals surface area contributed by atoms with Crippen LogP contribution in [0.1, 0.15) is 24.8 Å². The second-order valence-corrected chi connectivity index (χ2v) is 8.16. The average molecular weight is 422 g/mol. The molecule has 0 N–H and O–H groups in total. The molecule has 2 aromatic rings. The standard InChI is InChI=1S/C21H21Cl2NO2S/c1-14(21(25)24-12-6-3-7-13-24)15-10-11-18(20(23)19(15)22)27-17-9-5-4-8-16(17)26-2/h4-5,8-11H,1,3,6-7,12-13H2,2H3. The van der Waals surface area contributed by atoms with Crippen LogP contribution in [0.3, 0.4) is 0 Å². The number of nitrogens with zero attached hydrogens (tertiary/aromatic N) is 1. The number of carbonyl (C=O) groups excluding carboxylic acids is 1. The maximum absolute atomic E-state index is 12.7. The lowest BCUT2D eigenvalue weighted by Gasteiger charge is -2.27. The number of piperidine rings is 1. The lowest BCUT2D eigenvalue weighted by atomic mass is 10.0. The van der Waals surface area contributed by atoms with Crippen LogP contribution in [-0.2, 0) is 4.79 Å². The van der Waals surface area contributed by atoms with Crippen molar-refractivity contribution in [1.29, 1.82) is 0 Å². The number of carbonyl (C=O) groups is 1. The number of likely N-dealkylation sites (tertiary alicyclic amines) is 1. The van der Waals surface area contributed by atoms with Crippen molar-refractivity contribution in [2.75, 3.05) is 20.2 Å². The van der Waals surface area contributed by atoms with Gasteiger partial charge in [-0.15, -0.1) is 0 Å². The van der Waals surface area contributed by atoms with E-state index < -0.39 is 0 Å². The quantitative estimate of drug-likeness (QED) is 0.539. The summed E-state index contributed by atoms with van der Waals surface area (Å²) in [7, 11) is 1.63. The predicted octanol–water partition coefficient (Wildman–Crippen LogP) is 6.18. The molecule has 1 saturated heterocycles. The summed E-state index contributed by atoms with van der Waals surface area (Å²) in [4.78, 5) is 16.3. The van der Waals surface area contributed by atoms with E-state index in [0.717, 1.165) is 47.9 Å². The van der Waals surface area contributed by atoms with E-state index in [1.54, 1.807) is 7.11 Å². The Balaban J connectivity index is 1.84. The summed E-state index contributed by atoms with van der Waals surface area (Å²) in [5.74, 6) is 0.696. The van der Waals surface area contributed by atoms with Gasteiger partial charge in [0.05, 0.1) is 22.1 Å². The van der Waals surface area contributed by atoms with Gasteiger partial charge in [0.2, 0.25) is 0 Å². The minimum Gasteiger partial charge on any atom is -0.496 e. The third kappa shape index (κ3) is 4.45. The minimum absolute atomic E-state index is 0.0715. The highest BCUT2D eigenvalue weighted by Gasteiger charge is 2.23. The molecular formula is C21H21Cl2NO2S. The number of benzene rings is 2. The molecule has 0 aliphatic carbocycles. The van der Waals surface area contributed by atoms with E-state index in [1.165, 1.54) is 11.8 Å². The van der Waals surface area contributed by atoms with E-state index >= 15 is 0 Å². The Hall–Kier alpha value is -1.62. The summed E-state index contributed by atoms with van der Waals surface area (Å²) in [6.07, 6.45) is 3.22. The Morgan fingerprint density at radius 3 is 2.44 bits per heavy atom. The lowest BCUT2D eigenvalue weighted by molar-refractivity contribution is -0.125. The van der Waals surface area contributed by atoms with E-state index in [-0.39, 0.29) is 5.91 Å². The van der Waals surface area contributed by atoms with Crippen LogP contribution in [0, 0.1) is 0 Å². The number of hydrogen-bond acceptors (Lipinski definition) is 3. The molecule has 1 amide bonds. The number of para-hydroxylation sites is 1. The van der Waals surface area contributed by atoms with Gasteiger partial charge in [-0.2, -0.15) is 0 Å². The molecule has 142 valence electrons. The first-order valence-corrected chi connectivity index (χ1v) is 10.4. The molecule has 0 bridgehead atoms. The van der Waals surface area contributed by atoms with Crippen molar-refractivity contribution in [3.63, 3.8) is 0 Å². The van der Waals surface area contributed by atoms with Crippen molar-refractivity contribution >= 4 is 46.4 Å². The zero-order valence-corrected chi connectivity index (χ0v) is 17.5. The lowest BCUT2D eigenvalue weighted by Crippen LogP contribution is -2.35. The van der Waals surface area contributed by atoms with Crippen LogP contribution < -0.4 is 4.74 Å². The maximum atomic E-state index is 12.7. The van der Waals surface area contributed by atoms with Gasteiger partial charge in [0.15, 0.2) is 0 Å². The summed E-state index contributed by atoms with van der Waals surface area (Å²) < 4.78 is 5.39. The van der Waals surface area contributed by atoms with E-state index in [1.807, 2.05) is 41.3 Å². The molecule has 0 unspecified atom stereocenters. The Kier molecular flexibility index (Phi) is 6.74. The molecular weight excluding hydrogens is 401 g/mol. The summed E-state index contributed by atoms with van der Waals surface area (Å²) in [6, 6.07) is 11.4. The molecule has 0 aromatic heterocycles. The zero-order valence-electron chi connectivity index (χ0n) is 15.1. The van der Waals surface area contributed by atoms with Crippen LogP contribution in [0.2, 0.25) is 10.0 Å². The van der Waals surface area contributed by atoms with Crippen LogP contribution in [0.4, 0.5) is 0 Å². The zero-order chi connectivity index (χ0) is 19.4. The first kappa shape index (κ1) is 20.1. The Labute approximate surface area is 174 Å². The highest BCUT2D eigenvalue weighted by atomic mass is 35.5. The topological polar surface area (TPSA) is 29.5 Å². The second-order valence-electron chi connectivity index (χ2n) is 6.32. The largest absolute Gasteiger partial charge is 0.496 e. The molecule has 0 saturated carbocycles. The molecule has 3 nitrogen and oxygen atoms in total. The Morgan fingerprint density at radius 2 is 1.74 bits per heavy atom. The highest BCUT2D eigenvalue weighted by molar-refractivity contribution is 7.99. The van der Waals surface area contributed by atoms with E-state index in [9.17, 15) is 4.79 Å². The number of rotatable bonds is 5. The van der Waals surface area contributed by atoms with Gasteiger partial charge in [0.25, 0.3) is 5.91 Å². The smallest absolute Gasteiger partial charge is 0.253 e. The van der Waals surface area contributed by atoms with Gasteiger partial charge < -0.3 is 9.64 Å². The van der Waals surface area contributed by atoms with Crippen LogP contribution >= 0.6 is 35.0 Å². The molecule has 1 aliphatic heterocycles. The van der Waals surface area contributed by atoms with Gasteiger partial charge in [-0.05, 0) is 37.5 Å². The molecule has 0 atom stereocenters. The van der Waals surface area contributed by atoms with Crippen molar-refractivity contribution in [2.24, 2.45) is 0 Å². The van der Waals surface area contributed by atoms with Gasteiger partial charge in [-0.25, -0.2) is 0 Å². The SMILES string of the molecule is C=C(C(=O)N1CCCCC1)c1ccc(Sc2ccccc2OC)c(Cl)c1Cl. The summed E-state index contributed by atoms with van der Waals surface area (Å²) in [5, 5.41) is 0.768. The van der Waals surface area contributed by atoms with Gasteiger partial charge in [0.1, 0.15) is 5.75 Å². The van der Waals surface area contributed by atoms with Crippen LogP contribution in [0.5, 0.6) is 5.75 Å². The van der Waals surface area contributed by atoms with Crippen molar-refractivity contribution in [1.82, 2.24) is 4.90 Å². The highest BCUT2D eigenvalue weighted by Crippen LogP contribution is 2.43. The number of hydrogen-bond donors (Lipinski definition) is 0. The van der Waals surface area contributed by atoms with E-state index in [0.29, 0.717) is 21.2 Å². The van der Waals surface area contributed by atoms with Crippen molar-refractivity contribution in [3.05, 3.63) is 58.6 Å². The fraction of sp³-hybridized carbons (Fsp3) is 0.286. The minimum atomic E-state index is -0.0715. The fourth-order valence-electron chi connectivity index (χ4n) is 3.07. The molecule has 1 fully saturated rings. The Morgan fingerprint density at radius 1 is 1.04 bits per heavy atom. The molecule has 0 spiro atoms. The Bertz CT molecular complexity index is 863. The van der Waals surface area contributed by atoms with Gasteiger partial charge >= 0.3 is 0 Å². The third-order valence-electron chi connectivity index (χ3n) is 4.56. The monoisotopic (exact) mass is 421 g/mol. The van der Waals surface area contributed by atoms with E-state index in [4.69, 9.17) is 27.9 Å². The molecule has 1 heterocycles. The third-order valence-corrected chi connectivity index (χ3v) is 6.67. The number of halogens is 2. The van der Waals surface area contributed by atoms with Crippen molar-refractivity contribution in [2.45, 2.75) is 29.1 Å². The van der Waals surface area contributed by atoms with Crippen molar-refractivity contribution < 1.29 is 9.53 Å². The summed E-state index contributed by atoms with van der Waals surface area (Å²) >= 11 is 14.5. The average Bonchev–Trinajstić information content (AvgIpc) is 2.71.